The minimum absolute atomic E-state index is 0.0805. The molecule has 1 N–H and O–H groups in total. The predicted octanol–water partition coefficient (Wildman–Crippen LogP) is 5.09. The Morgan fingerprint density at radius 1 is 1.14 bits per heavy atom. The molecule has 1 saturated heterocycles. The SMILES string of the molecule is CO[C@H]1C[C@@H](C2(OC)CC2)N(c2nc3cc(-c4noc(=O)[nH]4)nc(-c4cncc(Cl)c4)c3n2CC2CCC(C)CC2)C1. The number of nitrogens with one attached hydrogen (secondary N) is 1. The van der Waals surface area contributed by atoms with E-state index < -0.39 is 5.76 Å². The average Bonchev–Trinajstić information content (AvgIpc) is 3.28. The predicted molar refractivity (Wildman–Crippen MR) is 159 cm³/mol. The maximum atomic E-state index is 11.8. The Kier molecular flexibility index (Phi) is 7.06. The molecule has 1 aliphatic heterocycles. The van der Waals surface area contributed by atoms with Crippen molar-refractivity contribution in [1.29, 1.82) is 0 Å². The zero-order valence-corrected chi connectivity index (χ0v) is 24.9. The van der Waals surface area contributed by atoms with Gasteiger partial charge in [-0.3, -0.25) is 14.5 Å². The van der Waals surface area contributed by atoms with E-state index in [9.17, 15) is 4.79 Å². The molecule has 7 rings (SSSR count). The second kappa shape index (κ2) is 10.8. The summed E-state index contributed by atoms with van der Waals surface area (Å²) in [4.78, 5) is 31.5. The fraction of sp³-hybridized carbons (Fsp3) is 0.567. The maximum Gasteiger partial charge on any atom is 0.439 e. The monoisotopic (exact) mass is 593 g/mol. The Morgan fingerprint density at radius 3 is 2.62 bits per heavy atom. The third-order valence-corrected chi connectivity index (χ3v) is 9.76. The first-order valence-electron chi connectivity index (χ1n) is 14.8. The number of halogens is 1. The van der Waals surface area contributed by atoms with Crippen LogP contribution in [0, 0.1) is 11.8 Å². The third-order valence-electron chi connectivity index (χ3n) is 9.55. The Balaban J connectivity index is 1.45. The largest absolute Gasteiger partial charge is 0.439 e. The number of pyridine rings is 2. The number of anilines is 1. The van der Waals surface area contributed by atoms with Gasteiger partial charge in [0.25, 0.3) is 0 Å². The van der Waals surface area contributed by atoms with E-state index in [1.165, 1.54) is 25.7 Å². The van der Waals surface area contributed by atoms with Crippen molar-refractivity contribution < 1.29 is 14.0 Å². The van der Waals surface area contributed by atoms with Crippen LogP contribution < -0.4 is 10.7 Å². The van der Waals surface area contributed by atoms with Gasteiger partial charge in [-0.2, -0.15) is 0 Å². The third kappa shape index (κ3) is 4.91. The molecule has 0 bridgehead atoms. The van der Waals surface area contributed by atoms with E-state index in [2.05, 4.69) is 31.5 Å². The van der Waals surface area contributed by atoms with Crippen LogP contribution in [-0.2, 0) is 16.0 Å². The van der Waals surface area contributed by atoms with Gasteiger partial charge in [0.15, 0.2) is 0 Å². The number of hydrogen-bond donors (Lipinski definition) is 1. The number of nitrogens with zero attached hydrogens (tertiary/aromatic N) is 6. The van der Waals surface area contributed by atoms with Crippen LogP contribution in [0.3, 0.4) is 0 Å². The first-order valence-corrected chi connectivity index (χ1v) is 15.2. The number of imidazole rings is 1. The maximum absolute atomic E-state index is 11.8. The van der Waals surface area contributed by atoms with Crippen LogP contribution in [0.25, 0.3) is 33.8 Å². The minimum atomic E-state index is -0.643. The fourth-order valence-corrected chi connectivity index (χ4v) is 7.17. The molecule has 0 unspecified atom stereocenters. The Bertz CT molecular complexity index is 1650. The normalized spacial score (nSPS) is 25.4. The van der Waals surface area contributed by atoms with Crippen LogP contribution in [0.1, 0.15) is 51.9 Å². The van der Waals surface area contributed by atoms with E-state index in [1.807, 2.05) is 19.2 Å². The molecule has 0 aromatic carbocycles. The fourth-order valence-electron chi connectivity index (χ4n) is 7.00. The van der Waals surface area contributed by atoms with Crippen LogP contribution in [0.5, 0.6) is 0 Å². The van der Waals surface area contributed by atoms with Crippen LogP contribution in [0.2, 0.25) is 5.02 Å². The van der Waals surface area contributed by atoms with E-state index in [4.69, 9.17) is 35.6 Å². The zero-order valence-electron chi connectivity index (χ0n) is 24.2. The highest BCUT2D eigenvalue weighted by Crippen LogP contribution is 2.49. The highest BCUT2D eigenvalue weighted by atomic mass is 35.5. The van der Waals surface area contributed by atoms with Gasteiger partial charge >= 0.3 is 5.76 Å². The number of H-pyrrole nitrogens is 1. The number of hydrogen-bond acceptors (Lipinski definition) is 9. The van der Waals surface area contributed by atoms with E-state index in [0.29, 0.717) is 22.3 Å². The number of aromatic nitrogens is 6. The van der Waals surface area contributed by atoms with Gasteiger partial charge in [-0.1, -0.05) is 36.5 Å². The molecule has 3 fully saturated rings. The first-order chi connectivity index (χ1) is 20.4. The summed E-state index contributed by atoms with van der Waals surface area (Å²) in [6.07, 6.45) is 11.2. The van der Waals surface area contributed by atoms with Gasteiger partial charge in [0.1, 0.15) is 5.69 Å². The molecule has 3 aliphatic rings. The van der Waals surface area contributed by atoms with Gasteiger partial charge < -0.3 is 18.9 Å². The summed E-state index contributed by atoms with van der Waals surface area (Å²) in [5.41, 5.74) is 3.35. The number of ether oxygens (including phenoxy) is 2. The molecule has 2 saturated carbocycles. The van der Waals surface area contributed by atoms with Crippen LogP contribution in [-0.4, -0.2) is 68.2 Å². The first kappa shape index (κ1) is 27.5. The Labute approximate surface area is 248 Å². The van der Waals surface area contributed by atoms with Gasteiger partial charge in [0.05, 0.1) is 39.5 Å². The Hall–Kier alpha value is -3.28. The molecule has 222 valence electrons. The summed E-state index contributed by atoms with van der Waals surface area (Å²) < 4.78 is 19.2. The van der Waals surface area contributed by atoms with Gasteiger partial charge in [0.2, 0.25) is 11.8 Å². The lowest BCUT2D eigenvalue weighted by Crippen LogP contribution is -2.43. The molecule has 2 aliphatic carbocycles. The summed E-state index contributed by atoms with van der Waals surface area (Å²) in [7, 11) is 3.60. The van der Waals surface area contributed by atoms with Crippen LogP contribution >= 0.6 is 11.6 Å². The van der Waals surface area contributed by atoms with E-state index >= 15 is 0 Å². The van der Waals surface area contributed by atoms with Crippen LogP contribution in [0.4, 0.5) is 5.95 Å². The summed E-state index contributed by atoms with van der Waals surface area (Å²) in [5, 5.41) is 4.42. The van der Waals surface area contributed by atoms with Crippen LogP contribution in [0.15, 0.2) is 33.8 Å². The molecular formula is C30H36ClN7O4. The van der Waals surface area contributed by atoms with Crippen molar-refractivity contribution in [1.82, 2.24) is 29.7 Å². The zero-order chi connectivity index (χ0) is 29.0. The lowest BCUT2D eigenvalue weighted by Gasteiger charge is -2.33. The highest BCUT2D eigenvalue weighted by Gasteiger charge is 2.56. The van der Waals surface area contributed by atoms with E-state index in [0.717, 1.165) is 60.8 Å². The lowest BCUT2D eigenvalue weighted by atomic mass is 9.83. The van der Waals surface area contributed by atoms with E-state index in [1.54, 1.807) is 19.5 Å². The Morgan fingerprint density at radius 2 is 1.95 bits per heavy atom. The van der Waals surface area contributed by atoms with Crippen molar-refractivity contribution in [2.24, 2.45) is 11.8 Å². The molecule has 0 amide bonds. The average molecular weight is 594 g/mol. The minimum Gasteiger partial charge on any atom is -0.380 e. The summed E-state index contributed by atoms with van der Waals surface area (Å²) in [6, 6.07) is 3.87. The van der Waals surface area contributed by atoms with Crippen molar-refractivity contribution in [3.63, 3.8) is 0 Å². The second-order valence-electron chi connectivity index (χ2n) is 12.2. The van der Waals surface area contributed by atoms with Gasteiger partial charge in [-0.05, 0) is 56.1 Å². The lowest BCUT2D eigenvalue weighted by molar-refractivity contribution is 0.0481. The molecule has 4 aromatic rings. The van der Waals surface area contributed by atoms with Crippen molar-refractivity contribution in [2.45, 2.75) is 76.2 Å². The molecule has 5 heterocycles. The van der Waals surface area contributed by atoms with Gasteiger partial charge in [-0.25, -0.2) is 14.8 Å². The number of methoxy groups -OCH3 is 2. The highest BCUT2D eigenvalue weighted by molar-refractivity contribution is 6.30. The van der Waals surface area contributed by atoms with Crippen molar-refractivity contribution in [3.05, 3.63) is 40.1 Å². The quantitative estimate of drug-likeness (QED) is 0.297. The summed E-state index contributed by atoms with van der Waals surface area (Å²) >= 11 is 6.42. The van der Waals surface area contributed by atoms with Gasteiger partial charge in [-0.15, -0.1) is 0 Å². The molecule has 4 aromatic heterocycles. The summed E-state index contributed by atoms with van der Waals surface area (Å²) in [6.45, 7) is 3.89. The topological polar surface area (TPSA) is 124 Å². The molecule has 0 radical (unpaired) electrons. The summed E-state index contributed by atoms with van der Waals surface area (Å²) in [5.74, 6) is 1.76. The smallest absolute Gasteiger partial charge is 0.380 e. The van der Waals surface area contributed by atoms with E-state index in [-0.39, 0.29) is 23.6 Å². The molecule has 12 heteroatoms. The number of fused-ring (bicyclic) bond motifs is 1. The molecular weight excluding hydrogens is 558 g/mol. The second-order valence-corrected chi connectivity index (χ2v) is 12.7. The molecule has 2 atom stereocenters. The number of aromatic amines is 1. The molecule has 11 nitrogen and oxygen atoms in total. The molecule has 0 spiro atoms. The van der Waals surface area contributed by atoms with Crippen molar-refractivity contribution in [2.75, 3.05) is 25.7 Å². The van der Waals surface area contributed by atoms with Crippen molar-refractivity contribution in [3.8, 4) is 22.8 Å². The molecule has 42 heavy (non-hydrogen) atoms. The van der Waals surface area contributed by atoms with Gasteiger partial charge in [0, 0.05) is 45.3 Å². The number of rotatable bonds is 8. The van der Waals surface area contributed by atoms with Crippen molar-refractivity contribution >= 4 is 28.6 Å². The standard InChI is InChI=1S/C30H36ClN7O4/c1-17-4-6-18(7-5-17)15-38-26-22(34-28(38)37-16-21(40-2)11-24(37)30(41-3)8-9-30)12-23(27-35-29(39)42-36-27)33-25(26)19-10-20(31)14-32-13-19/h10,12-14,17-18,21,24H,4-9,11,15-16H2,1-3H3,(H,35,36,39)/t17?,18?,21-,24-/m0/s1.